The van der Waals surface area contributed by atoms with Crippen LogP contribution < -0.4 is 4.90 Å². The fourth-order valence-corrected chi connectivity index (χ4v) is 4.57. The summed E-state index contributed by atoms with van der Waals surface area (Å²) in [5.41, 5.74) is 0.813. The molecule has 0 atom stereocenters. The fraction of sp³-hybridized carbons (Fsp3) is 0.250. The summed E-state index contributed by atoms with van der Waals surface area (Å²) in [5.74, 6) is -0.275. The minimum atomic E-state index is -0.485. The van der Waals surface area contributed by atoms with Crippen LogP contribution in [0, 0.1) is 10.1 Å². The predicted octanol–water partition coefficient (Wildman–Crippen LogP) is 4.24. The number of likely N-dealkylation sites (N-methyl/N-ethyl adjacent to an activating group) is 1. The number of thiophene rings is 1. The SMILES string of the molecule is CN(C)CCN(C(=O)c1ccc([N+](=O)[O-])s1)c1nc2ccc(Br)cc2s1. The lowest BCUT2D eigenvalue weighted by Gasteiger charge is -2.21. The second kappa shape index (κ2) is 7.78. The molecule has 0 saturated heterocycles. The summed E-state index contributed by atoms with van der Waals surface area (Å²) in [7, 11) is 3.85. The number of carbonyl (C=O) groups is 1. The molecule has 3 rings (SSSR count). The molecule has 1 aromatic carbocycles. The number of thiazole rings is 1. The van der Waals surface area contributed by atoms with Crippen molar-refractivity contribution < 1.29 is 9.72 Å². The van der Waals surface area contributed by atoms with Gasteiger partial charge in [-0.1, -0.05) is 38.6 Å². The maximum atomic E-state index is 13.0. The number of aromatic nitrogens is 1. The van der Waals surface area contributed by atoms with E-state index in [1.54, 1.807) is 4.90 Å². The van der Waals surface area contributed by atoms with Gasteiger partial charge in [0.15, 0.2) is 5.13 Å². The quantitative estimate of drug-likeness (QED) is 0.411. The van der Waals surface area contributed by atoms with Crippen molar-refractivity contribution in [3.63, 3.8) is 0 Å². The number of hydrogen-bond acceptors (Lipinski definition) is 7. The number of anilines is 1. The number of fused-ring (bicyclic) bond motifs is 1. The highest BCUT2D eigenvalue weighted by atomic mass is 79.9. The monoisotopic (exact) mass is 454 g/mol. The van der Waals surface area contributed by atoms with Crippen LogP contribution >= 0.6 is 38.6 Å². The van der Waals surface area contributed by atoms with Crippen LogP contribution in [-0.2, 0) is 0 Å². The van der Waals surface area contributed by atoms with E-state index in [-0.39, 0.29) is 10.9 Å². The van der Waals surface area contributed by atoms with Gasteiger partial charge in [-0.25, -0.2) is 4.98 Å². The molecule has 2 heterocycles. The van der Waals surface area contributed by atoms with Crippen LogP contribution in [0.4, 0.5) is 10.1 Å². The third-order valence-corrected chi connectivity index (χ3v) is 6.13. The van der Waals surface area contributed by atoms with E-state index in [0.717, 1.165) is 26.0 Å². The van der Waals surface area contributed by atoms with Crippen LogP contribution in [0.5, 0.6) is 0 Å². The molecule has 0 unspecified atom stereocenters. The molecule has 0 fully saturated rings. The van der Waals surface area contributed by atoms with Crippen LogP contribution in [0.1, 0.15) is 9.67 Å². The molecule has 0 aliphatic heterocycles. The van der Waals surface area contributed by atoms with E-state index in [0.29, 0.717) is 23.1 Å². The molecule has 0 aliphatic carbocycles. The summed E-state index contributed by atoms with van der Waals surface area (Å²) in [6, 6.07) is 8.61. The summed E-state index contributed by atoms with van der Waals surface area (Å²) < 4.78 is 1.91. The molecule has 0 radical (unpaired) electrons. The highest BCUT2D eigenvalue weighted by Crippen LogP contribution is 2.33. The zero-order valence-corrected chi connectivity index (χ0v) is 17.2. The maximum Gasteiger partial charge on any atom is 0.324 e. The number of nitro groups is 1. The first-order valence-electron chi connectivity index (χ1n) is 7.62. The van der Waals surface area contributed by atoms with Gasteiger partial charge < -0.3 is 4.90 Å². The molecule has 136 valence electrons. The molecular formula is C16H15BrN4O3S2. The molecule has 7 nitrogen and oxygen atoms in total. The average Bonchev–Trinajstić information content (AvgIpc) is 3.20. The zero-order chi connectivity index (χ0) is 18.8. The molecule has 0 N–H and O–H groups in total. The molecule has 3 aromatic rings. The van der Waals surface area contributed by atoms with Crippen molar-refractivity contribution in [1.82, 2.24) is 9.88 Å². The molecule has 0 aliphatic rings. The molecule has 26 heavy (non-hydrogen) atoms. The fourth-order valence-electron chi connectivity index (χ4n) is 2.26. The summed E-state index contributed by atoms with van der Waals surface area (Å²) in [5, 5.41) is 11.4. The third kappa shape index (κ3) is 4.09. The largest absolute Gasteiger partial charge is 0.324 e. The Balaban J connectivity index is 1.97. The van der Waals surface area contributed by atoms with Gasteiger partial charge in [0, 0.05) is 23.6 Å². The van der Waals surface area contributed by atoms with E-state index in [1.165, 1.54) is 23.5 Å². The molecule has 0 bridgehead atoms. The van der Waals surface area contributed by atoms with Crippen molar-refractivity contribution in [2.75, 3.05) is 32.1 Å². The van der Waals surface area contributed by atoms with Gasteiger partial charge in [0.2, 0.25) is 0 Å². The van der Waals surface area contributed by atoms with Gasteiger partial charge in [0.25, 0.3) is 5.91 Å². The Bertz CT molecular complexity index is 969. The van der Waals surface area contributed by atoms with E-state index in [4.69, 9.17) is 0 Å². The molecule has 1 amide bonds. The summed E-state index contributed by atoms with van der Waals surface area (Å²) in [6.07, 6.45) is 0. The van der Waals surface area contributed by atoms with Crippen molar-refractivity contribution in [2.45, 2.75) is 0 Å². The van der Waals surface area contributed by atoms with Gasteiger partial charge in [0.1, 0.15) is 0 Å². The molecule has 0 spiro atoms. The number of nitrogens with zero attached hydrogens (tertiary/aromatic N) is 4. The molecule has 0 saturated carbocycles. The van der Waals surface area contributed by atoms with Crippen LogP contribution in [0.3, 0.4) is 0 Å². The van der Waals surface area contributed by atoms with Crippen molar-refractivity contribution in [2.24, 2.45) is 0 Å². The first-order chi connectivity index (χ1) is 12.3. The van der Waals surface area contributed by atoms with E-state index < -0.39 is 4.92 Å². The van der Waals surface area contributed by atoms with Crippen LogP contribution in [-0.4, -0.2) is 47.9 Å². The minimum Gasteiger partial charge on any atom is -0.308 e. The van der Waals surface area contributed by atoms with E-state index in [1.807, 2.05) is 37.2 Å². The lowest BCUT2D eigenvalue weighted by atomic mass is 10.3. The van der Waals surface area contributed by atoms with Crippen molar-refractivity contribution in [3.8, 4) is 0 Å². The van der Waals surface area contributed by atoms with Gasteiger partial charge >= 0.3 is 5.00 Å². The molecule has 10 heteroatoms. The van der Waals surface area contributed by atoms with Crippen molar-refractivity contribution in [3.05, 3.63) is 49.8 Å². The Morgan fingerprint density at radius 1 is 1.23 bits per heavy atom. The topological polar surface area (TPSA) is 79.6 Å². The van der Waals surface area contributed by atoms with Crippen LogP contribution in [0.25, 0.3) is 10.2 Å². The minimum absolute atomic E-state index is 0.0471. The number of halogens is 1. The molecular weight excluding hydrogens is 440 g/mol. The van der Waals surface area contributed by atoms with Gasteiger partial charge in [-0.2, -0.15) is 0 Å². The Morgan fingerprint density at radius 2 is 2.00 bits per heavy atom. The van der Waals surface area contributed by atoms with E-state index in [2.05, 4.69) is 20.9 Å². The highest BCUT2D eigenvalue weighted by Gasteiger charge is 2.24. The van der Waals surface area contributed by atoms with Crippen LogP contribution in [0.15, 0.2) is 34.8 Å². The highest BCUT2D eigenvalue weighted by molar-refractivity contribution is 9.10. The lowest BCUT2D eigenvalue weighted by molar-refractivity contribution is -0.380. The average molecular weight is 455 g/mol. The Morgan fingerprint density at radius 3 is 2.65 bits per heavy atom. The van der Waals surface area contributed by atoms with Gasteiger partial charge in [-0.05, 0) is 38.4 Å². The zero-order valence-electron chi connectivity index (χ0n) is 14.0. The predicted molar refractivity (Wildman–Crippen MR) is 109 cm³/mol. The second-order valence-corrected chi connectivity index (χ2v) is 8.75. The van der Waals surface area contributed by atoms with Gasteiger partial charge in [-0.3, -0.25) is 19.8 Å². The smallest absolute Gasteiger partial charge is 0.308 e. The first kappa shape index (κ1) is 18.9. The van der Waals surface area contributed by atoms with Gasteiger partial charge in [0.05, 0.1) is 20.0 Å². The second-order valence-electron chi connectivity index (χ2n) is 5.76. The Hall–Kier alpha value is -1.88. The van der Waals surface area contributed by atoms with Crippen LogP contribution in [0.2, 0.25) is 0 Å². The van der Waals surface area contributed by atoms with E-state index >= 15 is 0 Å². The number of benzene rings is 1. The van der Waals surface area contributed by atoms with Crippen molar-refractivity contribution in [1.29, 1.82) is 0 Å². The standard InChI is InChI=1S/C16H15BrN4O3S2/c1-19(2)7-8-20(15(22)12-5-6-14(25-12)21(23)24)16-18-11-4-3-10(17)9-13(11)26-16/h3-6,9H,7-8H2,1-2H3. The molecule has 2 aromatic heterocycles. The number of rotatable bonds is 6. The Kier molecular flexibility index (Phi) is 5.66. The number of carbonyl (C=O) groups excluding carboxylic acids is 1. The number of amides is 1. The summed E-state index contributed by atoms with van der Waals surface area (Å²) in [6.45, 7) is 1.09. The lowest BCUT2D eigenvalue weighted by Crippen LogP contribution is -2.36. The summed E-state index contributed by atoms with van der Waals surface area (Å²) >= 11 is 5.74. The van der Waals surface area contributed by atoms with Gasteiger partial charge in [-0.15, -0.1) is 0 Å². The first-order valence-corrected chi connectivity index (χ1v) is 10.0. The Labute approximate surface area is 166 Å². The van der Waals surface area contributed by atoms with E-state index in [9.17, 15) is 14.9 Å². The van der Waals surface area contributed by atoms with Crippen molar-refractivity contribution >= 4 is 64.9 Å². The maximum absolute atomic E-state index is 13.0. The number of hydrogen-bond donors (Lipinski definition) is 0. The normalized spacial score (nSPS) is 11.2. The third-order valence-electron chi connectivity index (χ3n) is 3.57. The summed E-state index contributed by atoms with van der Waals surface area (Å²) in [4.78, 5) is 31.9.